The van der Waals surface area contributed by atoms with E-state index in [0.717, 1.165) is 0 Å². The molecule has 0 bridgehead atoms. The highest BCUT2D eigenvalue weighted by molar-refractivity contribution is 7.84. The maximum absolute atomic E-state index is 10.9. The van der Waals surface area contributed by atoms with Crippen molar-refractivity contribution < 1.29 is 18.9 Å². The lowest BCUT2D eigenvalue weighted by atomic mass is 10.3. The molecule has 0 aliphatic heterocycles. The van der Waals surface area contributed by atoms with Crippen molar-refractivity contribution in [3.63, 3.8) is 0 Å². The van der Waals surface area contributed by atoms with Gasteiger partial charge >= 0.3 is 5.97 Å². The third kappa shape index (κ3) is 11.0. The van der Waals surface area contributed by atoms with Crippen LogP contribution in [0.15, 0.2) is 0 Å². The van der Waals surface area contributed by atoms with E-state index < -0.39 is 35.3 Å². The number of amides is 1. The Labute approximate surface area is 91.7 Å². The van der Waals surface area contributed by atoms with Crippen molar-refractivity contribution in [2.24, 2.45) is 5.73 Å². The lowest BCUT2D eigenvalue weighted by Gasteiger charge is -2.08. The molecule has 0 aliphatic carbocycles. The Morgan fingerprint density at radius 3 is 2.27 bits per heavy atom. The summed E-state index contributed by atoms with van der Waals surface area (Å²) in [5.74, 6) is -1.71. The zero-order valence-corrected chi connectivity index (χ0v) is 9.97. The summed E-state index contributed by atoms with van der Waals surface area (Å²) in [4.78, 5) is 21.0. The molecule has 4 N–H and O–H groups in total. The molecule has 2 unspecified atom stereocenters. The van der Waals surface area contributed by atoms with Crippen LogP contribution in [0, 0.1) is 0 Å². The van der Waals surface area contributed by atoms with Gasteiger partial charge in [0.15, 0.2) is 0 Å². The summed E-state index contributed by atoms with van der Waals surface area (Å²) in [6.07, 6.45) is 1.42. The van der Waals surface area contributed by atoms with Crippen molar-refractivity contribution in [3.05, 3.63) is 0 Å². The van der Waals surface area contributed by atoms with Crippen LogP contribution in [0.3, 0.4) is 0 Å². The number of carbonyl (C=O) groups is 2. The van der Waals surface area contributed by atoms with Gasteiger partial charge in [-0.3, -0.25) is 13.8 Å². The van der Waals surface area contributed by atoms with E-state index >= 15 is 0 Å². The second kappa shape index (κ2) is 9.60. The number of nitrogens with two attached hydrogens (primary N) is 1. The highest BCUT2D eigenvalue weighted by Gasteiger charge is 2.14. The van der Waals surface area contributed by atoms with Crippen LogP contribution in [0.1, 0.15) is 13.8 Å². The number of nitrogens with one attached hydrogen (secondary N) is 1. The second-order valence-electron chi connectivity index (χ2n) is 2.46. The molecule has 2 atom stereocenters. The molecular weight excluding hydrogens is 220 g/mol. The highest BCUT2D eigenvalue weighted by atomic mass is 32.2. The van der Waals surface area contributed by atoms with E-state index in [0.29, 0.717) is 0 Å². The van der Waals surface area contributed by atoms with E-state index in [1.165, 1.54) is 6.26 Å². The first-order chi connectivity index (χ1) is 6.93. The van der Waals surface area contributed by atoms with Crippen LogP contribution in [-0.4, -0.2) is 45.8 Å². The summed E-state index contributed by atoms with van der Waals surface area (Å²) < 4.78 is 10.6. The Kier molecular flexibility index (Phi) is 10.5. The van der Waals surface area contributed by atoms with Gasteiger partial charge in [-0.1, -0.05) is 13.8 Å². The average molecular weight is 238 g/mol. The van der Waals surface area contributed by atoms with E-state index in [1.54, 1.807) is 0 Å². The van der Waals surface area contributed by atoms with Gasteiger partial charge in [0.1, 0.15) is 6.54 Å². The predicted molar refractivity (Wildman–Crippen MR) is 58.9 cm³/mol. The number of carbonyl (C=O) groups excluding carboxylic acids is 1. The van der Waals surface area contributed by atoms with Crippen LogP contribution in [-0.2, 0) is 20.4 Å². The Balaban J connectivity index is 0. The zero-order valence-electron chi connectivity index (χ0n) is 9.15. The molecule has 0 radical (unpaired) electrons. The molecule has 0 saturated heterocycles. The lowest BCUT2D eigenvalue weighted by Crippen LogP contribution is -2.45. The first-order valence-corrected chi connectivity index (χ1v) is 6.21. The molecule has 15 heavy (non-hydrogen) atoms. The van der Waals surface area contributed by atoms with Crippen molar-refractivity contribution in [1.29, 1.82) is 0 Å². The molecule has 7 heteroatoms. The number of aliphatic carboxylic acids is 1. The molecule has 0 aromatic carbocycles. The predicted octanol–water partition coefficient (Wildman–Crippen LogP) is -1.08. The van der Waals surface area contributed by atoms with Crippen LogP contribution in [0.4, 0.5) is 0 Å². The normalized spacial score (nSPS) is 13.1. The van der Waals surface area contributed by atoms with Crippen LogP contribution in [0.5, 0.6) is 0 Å². The molecule has 0 aliphatic rings. The minimum atomic E-state index is -1.16. The summed E-state index contributed by atoms with van der Waals surface area (Å²) in [5, 5.41) is 10.3. The van der Waals surface area contributed by atoms with E-state index in [4.69, 9.17) is 10.8 Å². The zero-order chi connectivity index (χ0) is 12.4. The summed E-state index contributed by atoms with van der Waals surface area (Å²) in [6.45, 7) is 3.53. The van der Waals surface area contributed by atoms with Crippen LogP contribution in [0.25, 0.3) is 0 Å². The van der Waals surface area contributed by atoms with Gasteiger partial charge in [0, 0.05) is 22.8 Å². The number of carboxylic acid groups (broad SMARTS) is 1. The molecule has 0 aromatic heterocycles. The molecule has 1 amide bonds. The Hall–Kier alpha value is -0.950. The van der Waals surface area contributed by atoms with Gasteiger partial charge in [-0.15, -0.1) is 0 Å². The lowest BCUT2D eigenvalue weighted by molar-refractivity contribution is -0.138. The van der Waals surface area contributed by atoms with Crippen molar-refractivity contribution in [1.82, 2.24) is 5.32 Å². The minimum absolute atomic E-state index is 0.0332. The first-order valence-electron chi connectivity index (χ1n) is 4.48. The van der Waals surface area contributed by atoms with Gasteiger partial charge in [0.05, 0.1) is 6.04 Å². The topological polar surface area (TPSA) is 109 Å². The summed E-state index contributed by atoms with van der Waals surface area (Å²) in [7, 11) is -1.16. The maximum atomic E-state index is 10.9. The smallest absolute Gasteiger partial charge is 0.322 e. The maximum Gasteiger partial charge on any atom is 0.322 e. The van der Waals surface area contributed by atoms with Crippen molar-refractivity contribution in [2.75, 3.05) is 18.6 Å². The van der Waals surface area contributed by atoms with Crippen molar-refractivity contribution >= 4 is 22.7 Å². The number of hydrogen-bond acceptors (Lipinski definition) is 4. The van der Waals surface area contributed by atoms with E-state index in [2.05, 4.69) is 5.32 Å². The third-order valence-corrected chi connectivity index (χ3v) is 1.99. The molecule has 90 valence electrons. The summed E-state index contributed by atoms with van der Waals surface area (Å²) in [6, 6.07) is -0.912. The SMILES string of the molecule is CC.CS(=O)CC(N)C(=O)NCC(=O)O. The fourth-order valence-electron chi connectivity index (χ4n) is 0.622. The van der Waals surface area contributed by atoms with E-state index in [1.807, 2.05) is 13.8 Å². The quantitative estimate of drug-likeness (QED) is 0.564. The molecule has 0 heterocycles. The molecule has 0 spiro atoms. The van der Waals surface area contributed by atoms with Gasteiger partial charge < -0.3 is 16.2 Å². The van der Waals surface area contributed by atoms with Gasteiger partial charge in [0.2, 0.25) is 5.91 Å². The van der Waals surface area contributed by atoms with Gasteiger partial charge in [0.25, 0.3) is 0 Å². The van der Waals surface area contributed by atoms with Crippen LogP contribution in [0.2, 0.25) is 0 Å². The number of hydrogen-bond donors (Lipinski definition) is 3. The standard InChI is InChI=1S/C6H12N2O4S.C2H6/c1-13(12)3-4(7)6(11)8-2-5(9)10;1-2/h4H,2-3,7H2,1H3,(H,8,11)(H,9,10);1-2H3. The first kappa shape index (κ1) is 16.5. The highest BCUT2D eigenvalue weighted by Crippen LogP contribution is 1.83. The third-order valence-electron chi connectivity index (χ3n) is 1.16. The van der Waals surface area contributed by atoms with Gasteiger partial charge in [-0.2, -0.15) is 0 Å². The summed E-state index contributed by atoms with van der Waals surface area (Å²) in [5.41, 5.74) is 5.31. The number of carboxylic acids is 1. The number of rotatable bonds is 5. The molecular formula is C8H18N2O4S. The summed E-state index contributed by atoms with van der Waals surface area (Å²) >= 11 is 0. The Bertz CT molecular complexity index is 233. The monoisotopic (exact) mass is 238 g/mol. The minimum Gasteiger partial charge on any atom is -0.480 e. The fraction of sp³-hybridized carbons (Fsp3) is 0.750. The van der Waals surface area contributed by atoms with E-state index in [-0.39, 0.29) is 5.75 Å². The average Bonchev–Trinajstić information content (AvgIpc) is 2.16. The fourth-order valence-corrected chi connectivity index (χ4v) is 1.28. The van der Waals surface area contributed by atoms with Crippen molar-refractivity contribution in [3.8, 4) is 0 Å². The Morgan fingerprint density at radius 1 is 1.47 bits per heavy atom. The molecule has 0 rings (SSSR count). The van der Waals surface area contributed by atoms with Crippen LogP contribution >= 0.6 is 0 Å². The molecule has 0 aromatic rings. The van der Waals surface area contributed by atoms with E-state index in [9.17, 15) is 13.8 Å². The van der Waals surface area contributed by atoms with Gasteiger partial charge in [-0.25, -0.2) is 0 Å². The van der Waals surface area contributed by atoms with Gasteiger partial charge in [-0.05, 0) is 0 Å². The largest absolute Gasteiger partial charge is 0.480 e. The molecule has 0 fully saturated rings. The molecule has 6 nitrogen and oxygen atoms in total. The molecule has 0 saturated carbocycles. The van der Waals surface area contributed by atoms with Crippen LogP contribution < -0.4 is 11.1 Å². The van der Waals surface area contributed by atoms with Crippen molar-refractivity contribution in [2.45, 2.75) is 19.9 Å². The Morgan fingerprint density at radius 2 is 1.93 bits per heavy atom. The second-order valence-corrected chi connectivity index (χ2v) is 3.94.